The monoisotopic (exact) mass is 270 g/mol. The third-order valence-corrected chi connectivity index (χ3v) is 4.69. The normalized spacial score (nSPS) is 22.1. The Labute approximate surface area is 111 Å². The predicted octanol–water partition coefficient (Wildman–Crippen LogP) is 2.32. The highest BCUT2D eigenvalue weighted by Crippen LogP contribution is 2.29. The number of carbonyl (C=O) groups excluding carboxylic acids is 1. The van der Waals surface area contributed by atoms with Crippen molar-refractivity contribution >= 4 is 29.0 Å². The minimum absolute atomic E-state index is 0.0830. The smallest absolute Gasteiger partial charge is 0.238 e. The van der Waals surface area contributed by atoms with E-state index < -0.39 is 0 Å². The van der Waals surface area contributed by atoms with Gasteiger partial charge in [0.1, 0.15) is 6.17 Å². The van der Waals surface area contributed by atoms with E-state index in [1.807, 2.05) is 11.0 Å². The van der Waals surface area contributed by atoms with E-state index in [2.05, 4.69) is 29.9 Å². The Kier molecular flexibility index (Phi) is 4.48. The molecule has 0 spiro atoms. The minimum Gasteiger partial charge on any atom is -0.317 e. The van der Waals surface area contributed by atoms with Crippen molar-refractivity contribution in [3.8, 4) is 0 Å². The zero-order chi connectivity index (χ0) is 12.3. The van der Waals surface area contributed by atoms with E-state index >= 15 is 0 Å². The van der Waals surface area contributed by atoms with Crippen molar-refractivity contribution in [3.05, 3.63) is 22.4 Å². The average molecular weight is 270 g/mol. The minimum atomic E-state index is 0.0830. The number of nitrogens with one attached hydrogen (secondary N) is 1. The van der Waals surface area contributed by atoms with Crippen LogP contribution in [0, 0.1) is 0 Å². The molecule has 1 aliphatic heterocycles. The third-order valence-electron chi connectivity index (χ3n) is 3.05. The van der Waals surface area contributed by atoms with Crippen LogP contribution in [-0.4, -0.2) is 35.4 Å². The molecule has 94 valence electrons. The van der Waals surface area contributed by atoms with E-state index in [1.54, 1.807) is 23.1 Å². The molecule has 0 bridgehead atoms. The summed E-state index contributed by atoms with van der Waals surface area (Å²) in [7, 11) is 0. The van der Waals surface area contributed by atoms with Crippen LogP contribution >= 0.6 is 23.1 Å². The van der Waals surface area contributed by atoms with Gasteiger partial charge in [0.25, 0.3) is 0 Å². The third kappa shape index (κ3) is 2.67. The van der Waals surface area contributed by atoms with E-state index in [4.69, 9.17) is 0 Å². The largest absolute Gasteiger partial charge is 0.317 e. The number of carbonyl (C=O) groups is 1. The maximum absolute atomic E-state index is 12.0. The number of hydrogen-bond donors (Lipinski definition) is 1. The van der Waals surface area contributed by atoms with Gasteiger partial charge in [-0.15, -0.1) is 11.3 Å². The number of nitrogens with zero attached hydrogens (tertiary/aromatic N) is 1. The van der Waals surface area contributed by atoms with Crippen LogP contribution in [0.15, 0.2) is 17.5 Å². The Hall–Kier alpha value is -0.520. The summed E-state index contributed by atoms with van der Waals surface area (Å²) in [5.74, 6) is 1.23. The molecule has 1 fully saturated rings. The molecular formula is C12H18N2OS2. The summed E-state index contributed by atoms with van der Waals surface area (Å²) in [6, 6.07) is 4.47. The molecule has 1 aromatic heterocycles. The van der Waals surface area contributed by atoms with Gasteiger partial charge < -0.3 is 4.90 Å². The van der Waals surface area contributed by atoms with E-state index in [1.165, 1.54) is 4.88 Å². The summed E-state index contributed by atoms with van der Waals surface area (Å²) >= 11 is 3.51. The fraction of sp³-hybridized carbons (Fsp3) is 0.583. The number of amides is 1. The molecule has 2 atom stereocenters. The highest BCUT2D eigenvalue weighted by molar-refractivity contribution is 7.98. The van der Waals surface area contributed by atoms with Crippen LogP contribution in [0.1, 0.15) is 24.4 Å². The van der Waals surface area contributed by atoms with Crippen molar-refractivity contribution < 1.29 is 4.79 Å². The van der Waals surface area contributed by atoms with Crippen molar-refractivity contribution in [1.82, 2.24) is 10.2 Å². The standard InChI is InChI=1S/C12H18N2OS2/c1-3-9(8-16-2)14-11(15)7-13-12(14)10-5-4-6-17-10/h4-6,9,12-13H,3,7-8H2,1-2H3. The van der Waals surface area contributed by atoms with Crippen LogP contribution in [0.2, 0.25) is 0 Å². The highest BCUT2D eigenvalue weighted by atomic mass is 32.2. The van der Waals surface area contributed by atoms with Crippen LogP contribution in [0.25, 0.3) is 0 Å². The van der Waals surface area contributed by atoms with Crippen LogP contribution in [0.3, 0.4) is 0 Å². The fourth-order valence-electron chi connectivity index (χ4n) is 2.20. The van der Waals surface area contributed by atoms with Gasteiger partial charge in [-0.25, -0.2) is 0 Å². The van der Waals surface area contributed by atoms with Gasteiger partial charge in [0.15, 0.2) is 0 Å². The Balaban J connectivity index is 2.18. The first-order chi connectivity index (χ1) is 8.27. The number of thioether (sulfide) groups is 1. The van der Waals surface area contributed by atoms with E-state index in [0.29, 0.717) is 12.6 Å². The molecular weight excluding hydrogens is 252 g/mol. The van der Waals surface area contributed by atoms with Crippen molar-refractivity contribution in [2.45, 2.75) is 25.6 Å². The van der Waals surface area contributed by atoms with E-state index in [0.717, 1.165) is 12.2 Å². The Morgan fingerprint density at radius 1 is 1.71 bits per heavy atom. The molecule has 1 amide bonds. The van der Waals surface area contributed by atoms with Gasteiger partial charge in [-0.1, -0.05) is 13.0 Å². The van der Waals surface area contributed by atoms with Gasteiger partial charge in [-0.3, -0.25) is 10.1 Å². The summed E-state index contributed by atoms with van der Waals surface area (Å²) < 4.78 is 0. The first kappa shape index (κ1) is 12.9. The molecule has 5 heteroatoms. The zero-order valence-electron chi connectivity index (χ0n) is 10.2. The van der Waals surface area contributed by atoms with Crippen molar-refractivity contribution in [2.75, 3.05) is 18.6 Å². The molecule has 0 aromatic carbocycles. The number of rotatable bonds is 5. The molecule has 0 saturated carbocycles. The second-order valence-corrected chi connectivity index (χ2v) is 6.01. The van der Waals surface area contributed by atoms with Gasteiger partial charge in [-0.05, 0) is 24.1 Å². The highest BCUT2D eigenvalue weighted by Gasteiger charge is 2.36. The summed E-state index contributed by atoms with van der Waals surface area (Å²) in [6.07, 6.45) is 3.19. The molecule has 17 heavy (non-hydrogen) atoms. The summed E-state index contributed by atoms with van der Waals surface area (Å²) in [6.45, 7) is 2.62. The van der Waals surface area contributed by atoms with Gasteiger partial charge in [0.2, 0.25) is 5.91 Å². The summed E-state index contributed by atoms with van der Waals surface area (Å²) in [5, 5.41) is 5.37. The molecule has 0 aliphatic carbocycles. The van der Waals surface area contributed by atoms with Gasteiger partial charge in [-0.2, -0.15) is 11.8 Å². The summed E-state index contributed by atoms with van der Waals surface area (Å²) in [5.41, 5.74) is 0. The first-order valence-electron chi connectivity index (χ1n) is 5.84. The fourth-order valence-corrected chi connectivity index (χ4v) is 3.78. The quantitative estimate of drug-likeness (QED) is 0.891. The lowest BCUT2D eigenvalue weighted by atomic mass is 10.2. The van der Waals surface area contributed by atoms with Crippen molar-refractivity contribution in [3.63, 3.8) is 0 Å². The molecule has 1 aliphatic rings. The molecule has 3 nitrogen and oxygen atoms in total. The lowest BCUT2D eigenvalue weighted by Crippen LogP contribution is -2.40. The van der Waals surface area contributed by atoms with Crippen molar-refractivity contribution in [1.29, 1.82) is 0 Å². The molecule has 2 heterocycles. The second kappa shape index (κ2) is 5.89. The zero-order valence-corrected chi connectivity index (χ0v) is 11.8. The van der Waals surface area contributed by atoms with Gasteiger partial charge in [0.05, 0.1) is 6.54 Å². The van der Waals surface area contributed by atoms with Crippen molar-refractivity contribution in [2.24, 2.45) is 0 Å². The maximum Gasteiger partial charge on any atom is 0.238 e. The molecule has 2 rings (SSSR count). The number of hydrogen-bond acceptors (Lipinski definition) is 4. The first-order valence-corrected chi connectivity index (χ1v) is 8.12. The van der Waals surface area contributed by atoms with Crippen LogP contribution in [0.4, 0.5) is 0 Å². The van der Waals surface area contributed by atoms with Gasteiger partial charge >= 0.3 is 0 Å². The Bertz CT molecular complexity index is 367. The molecule has 1 aromatic rings. The maximum atomic E-state index is 12.0. The van der Waals surface area contributed by atoms with Crippen LogP contribution < -0.4 is 5.32 Å². The molecule has 0 radical (unpaired) electrons. The Morgan fingerprint density at radius 3 is 3.12 bits per heavy atom. The lowest BCUT2D eigenvalue weighted by Gasteiger charge is -2.31. The van der Waals surface area contributed by atoms with E-state index in [-0.39, 0.29) is 12.1 Å². The molecule has 1 saturated heterocycles. The average Bonchev–Trinajstić information content (AvgIpc) is 2.95. The SMILES string of the molecule is CCC(CSC)N1C(=O)CNC1c1cccs1. The predicted molar refractivity (Wildman–Crippen MR) is 74.4 cm³/mol. The van der Waals surface area contributed by atoms with E-state index in [9.17, 15) is 4.79 Å². The second-order valence-electron chi connectivity index (χ2n) is 4.12. The molecule has 2 unspecified atom stereocenters. The Morgan fingerprint density at radius 2 is 2.53 bits per heavy atom. The van der Waals surface area contributed by atoms with Crippen LogP contribution in [0.5, 0.6) is 0 Å². The summed E-state index contributed by atoms with van der Waals surface area (Å²) in [4.78, 5) is 15.3. The lowest BCUT2D eigenvalue weighted by molar-refractivity contribution is -0.129. The molecule has 1 N–H and O–H groups in total. The van der Waals surface area contributed by atoms with Crippen LogP contribution in [-0.2, 0) is 4.79 Å². The topological polar surface area (TPSA) is 32.3 Å². The number of thiophene rings is 1. The van der Waals surface area contributed by atoms with Gasteiger partial charge in [0, 0.05) is 16.7 Å².